The van der Waals surface area contributed by atoms with Gasteiger partial charge in [-0.1, -0.05) is 18.2 Å². The summed E-state index contributed by atoms with van der Waals surface area (Å²) in [6.07, 6.45) is 0.857. The van der Waals surface area contributed by atoms with Crippen molar-refractivity contribution in [1.82, 2.24) is 0 Å². The molecule has 4 heteroatoms. The first-order valence-corrected chi connectivity index (χ1v) is 6.58. The van der Waals surface area contributed by atoms with E-state index in [-0.39, 0.29) is 11.1 Å². The molecule has 0 aromatic heterocycles. The Hall–Kier alpha value is -1.55. The summed E-state index contributed by atoms with van der Waals surface area (Å²) in [6.45, 7) is 7.07. The van der Waals surface area contributed by atoms with Gasteiger partial charge >= 0.3 is 0 Å². The van der Waals surface area contributed by atoms with Crippen LogP contribution in [0.25, 0.3) is 0 Å². The number of ether oxygens (including phenoxy) is 1. The van der Waals surface area contributed by atoms with Gasteiger partial charge in [0.15, 0.2) is 5.96 Å². The number of guanidine groups is 1. The quantitative estimate of drug-likeness (QED) is 0.905. The standard InChI is InChI=1S/C15H23N3O/c1-14(2,19-4)10-15(3)11-17-13(16)18(15)12-8-6-5-7-9-12/h5-9H,10-11H2,1-4H3,(H2,16,17). The van der Waals surface area contributed by atoms with E-state index in [2.05, 4.69) is 42.8 Å². The van der Waals surface area contributed by atoms with E-state index in [0.717, 1.165) is 12.1 Å². The van der Waals surface area contributed by atoms with Crippen LogP contribution in [0.3, 0.4) is 0 Å². The van der Waals surface area contributed by atoms with Gasteiger partial charge in [-0.2, -0.15) is 0 Å². The third kappa shape index (κ3) is 2.73. The highest BCUT2D eigenvalue weighted by atomic mass is 16.5. The Labute approximate surface area is 115 Å². The number of hydrogen-bond donors (Lipinski definition) is 1. The van der Waals surface area contributed by atoms with E-state index in [0.29, 0.717) is 12.5 Å². The van der Waals surface area contributed by atoms with Crippen LogP contribution < -0.4 is 10.6 Å². The summed E-state index contributed by atoms with van der Waals surface area (Å²) in [5, 5.41) is 0. The summed E-state index contributed by atoms with van der Waals surface area (Å²) >= 11 is 0. The second-order valence-electron chi connectivity index (χ2n) is 5.98. The SMILES string of the molecule is COC(C)(C)CC1(C)CN=C(N)N1c1ccccc1. The summed E-state index contributed by atoms with van der Waals surface area (Å²) in [5.41, 5.74) is 6.81. The molecular weight excluding hydrogens is 238 g/mol. The molecule has 0 aliphatic carbocycles. The predicted octanol–water partition coefficient (Wildman–Crippen LogP) is 2.40. The van der Waals surface area contributed by atoms with Crippen LogP contribution in [0.1, 0.15) is 27.2 Å². The molecule has 0 saturated heterocycles. The highest BCUT2D eigenvalue weighted by Gasteiger charge is 2.42. The lowest BCUT2D eigenvalue weighted by Crippen LogP contribution is -2.53. The molecule has 1 aliphatic heterocycles. The first kappa shape index (κ1) is 13.9. The van der Waals surface area contributed by atoms with Gasteiger partial charge in [-0.05, 0) is 32.9 Å². The lowest BCUT2D eigenvalue weighted by Gasteiger charge is -2.41. The van der Waals surface area contributed by atoms with Gasteiger partial charge in [0.2, 0.25) is 0 Å². The smallest absolute Gasteiger partial charge is 0.196 e. The molecule has 0 spiro atoms. The fraction of sp³-hybridized carbons (Fsp3) is 0.533. The minimum atomic E-state index is -0.206. The van der Waals surface area contributed by atoms with E-state index in [4.69, 9.17) is 10.5 Å². The van der Waals surface area contributed by atoms with Gasteiger partial charge in [0, 0.05) is 19.2 Å². The van der Waals surface area contributed by atoms with E-state index in [1.54, 1.807) is 7.11 Å². The highest BCUT2D eigenvalue weighted by molar-refractivity contribution is 5.98. The van der Waals surface area contributed by atoms with Crippen molar-refractivity contribution in [3.05, 3.63) is 30.3 Å². The van der Waals surface area contributed by atoms with Crippen LogP contribution in [-0.2, 0) is 4.74 Å². The van der Waals surface area contributed by atoms with Crippen molar-refractivity contribution >= 4 is 11.6 Å². The van der Waals surface area contributed by atoms with Crippen LogP contribution in [0.15, 0.2) is 35.3 Å². The summed E-state index contributed by atoms with van der Waals surface area (Å²) in [4.78, 5) is 6.55. The van der Waals surface area contributed by atoms with Gasteiger partial charge in [0.1, 0.15) is 0 Å². The van der Waals surface area contributed by atoms with E-state index in [9.17, 15) is 0 Å². The maximum atomic E-state index is 6.08. The zero-order chi connectivity index (χ0) is 14.1. The molecule has 2 rings (SSSR count). The number of benzene rings is 1. The number of para-hydroxylation sites is 1. The molecule has 0 radical (unpaired) electrons. The van der Waals surface area contributed by atoms with Crippen LogP contribution in [0, 0.1) is 0 Å². The fourth-order valence-electron chi connectivity index (χ4n) is 2.81. The minimum Gasteiger partial charge on any atom is -0.379 e. The number of methoxy groups -OCH3 is 1. The average molecular weight is 261 g/mol. The van der Waals surface area contributed by atoms with Crippen molar-refractivity contribution in [2.24, 2.45) is 10.7 Å². The molecule has 104 valence electrons. The van der Waals surface area contributed by atoms with E-state index in [1.807, 2.05) is 18.2 Å². The number of nitrogens with zero attached hydrogens (tertiary/aromatic N) is 2. The molecular formula is C15H23N3O. The first-order chi connectivity index (χ1) is 8.88. The lowest BCUT2D eigenvalue weighted by atomic mass is 9.86. The topological polar surface area (TPSA) is 50.9 Å². The number of aliphatic imine (C=N–C) groups is 1. The Kier molecular flexibility index (Phi) is 3.54. The number of nitrogens with two attached hydrogens (primary N) is 1. The molecule has 1 aromatic rings. The van der Waals surface area contributed by atoms with Crippen molar-refractivity contribution in [3.63, 3.8) is 0 Å². The maximum absolute atomic E-state index is 6.08. The maximum Gasteiger partial charge on any atom is 0.196 e. The van der Waals surface area contributed by atoms with E-state index >= 15 is 0 Å². The van der Waals surface area contributed by atoms with Gasteiger partial charge < -0.3 is 15.4 Å². The third-order valence-corrected chi connectivity index (χ3v) is 3.72. The predicted molar refractivity (Wildman–Crippen MR) is 79.5 cm³/mol. The molecule has 1 atom stereocenters. The molecule has 4 nitrogen and oxygen atoms in total. The Bertz CT molecular complexity index is 470. The van der Waals surface area contributed by atoms with Crippen molar-refractivity contribution in [2.45, 2.75) is 38.3 Å². The molecule has 0 bridgehead atoms. The molecule has 1 unspecified atom stereocenters. The fourth-order valence-corrected chi connectivity index (χ4v) is 2.81. The van der Waals surface area contributed by atoms with Crippen LogP contribution in [-0.4, -0.2) is 30.8 Å². The Morgan fingerprint density at radius 1 is 1.37 bits per heavy atom. The van der Waals surface area contributed by atoms with Crippen LogP contribution >= 0.6 is 0 Å². The Balaban J connectivity index is 2.31. The molecule has 19 heavy (non-hydrogen) atoms. The second kappa shape index (κ2) is 4.85. The molecule has 1 aromatic carbocycles. The van der Waals surface area contributed by atoms with Gasteiger partial charge in [0.25, 0.3) is 0 Å². The minimum absolute atomic E-state index is 0.148. The monoisotopic (exact) mass is 261 g/mol. The lowest BCUT2D eigenvalue weighted by molar-refractivity contribution is 0.00152. The molecule has 1 heterocycles. The molecule has 2 N–H and O–H groups in total. The zero-order valence-corrected chi connectivity index (χ0v) is 12.2. The summed E-state index contributed by atoms with van der Waals surface area (Å²) in [5.74, 6) is 0.584. The van der Waals surface area contributed by atoms with Crippen LogP contribution in [0.2, 0.25) is 0 Å². The number of anilines is 1. The summed E-state index contributed by atoms with van der Waals surface area (Å²) in [7, 11) is 1.75. The van der Waals surface area contributed by atoms with Crippen molar-refractivity contribution in [1.29, 1.82) is 0 Å². The van der Waals surface area contributed by atoms with Gasteiger partial charge in [-0.25, -0.2) is 0 Å². The van der Waals surface area contributed by atoms with Crippen molar-refractivity contribution in [2.75, 3.05) is 18.6 Å². The first-order valence-electron chi connectivity index (χ1n) is 6.58. The van der Waals surface area contributed by atoms with Gasteiger partial charge in [-0.3, -0.25) is 4.99 Å². The molecule has 0 fully saturated rings. The zero-order valence-electron chi connectivity index (χ0n) is 12.2. The largest absolute Gasteiger partial charge is 0.379 e. The molecule has 1 aliphatic rings. The Morgan fingerprint density at radius 2 is 2.00 bits per heavy atom. The van der Waals surface area contributed by atoms with Crippen molar-refractivity contribution in [3.8, 4) is 0 Å². The van der Waals surface area contributed by atoms with Gasteiger partial charge in [-0.15, -0.1) is 0 Å². The highest BCUT2D eigenvalue weighted by Crippen LogP contribution is 2.35. The average Bonchev–Trinajstić information content (AvgIpc) is 2.65. The number of hydrogen-bond acceptors (Lipinski definition) is 4. The second-order valence-corrected chi connectivity index (χ2v) is 5.98. The van der Waals surface area contributed by atoms with Crippen LogP contribution in [0.4, 0.5) is 5.69 Å². The molecule has 0 saturated carbocycles. The summed E-state index contributed by atoms with van der Waals surface area (Å²) < 4.78 is 5.57. The van der Waals surface area contributed by atoms with Crippen LogP contribution in [0.5, 0.6) is 0 Å². The van der Waals surface area contributed by atoms with E-state index < -0.39 is 0 Å². The van der Waals surface area contributed by atoms with E-state index in [1.165, 1.54) is 0 Å². The molecule has 0 amide bonds. The number of rotatable bonds is 4. The normalized spacial score (nSPS) is 23.6. The van der Waals surface area contributed by atoms with Gasteiger partial charge in [0.05, 0.1) is 17.7 Å². The summed E-state index contributed by atoms with van der Waals surface area (Å²) in [6, 6.07) is 10.2. The van der Waals surface area contributed by atoms with Crippen molar-refractivity contribution < 1.29 is 4.74 Å². The third-order valence-electron chi connectivity index (χ3n) is 3.72. The Morgan fingerprint density at radius 3 is 2.58 bits per heavy atom.